The number of aromatic nitrogens is 2. The number of hydrogen-bond acceptors (Lipinski definition) is 5. The monoisotopic (exact) mass is 662 g/mol. The third-order valence-corrected chi connectivity index (χ3v) is 8.91. The van der Waals surface area contributed by atoms with E-state index in [1.54, 1.807) is 0 Å². The van der Waals surface area contributed by atoms with Gasteiger partial charge in [-0.25, -0.2) is 0 Å². The quantitative estimate of drug-likeness (QED) is 0.0552. The summed E-state index contributed by atoms with van der Waals surface area (Å²) in [6, 6.07) is 23.9. The van der Waals surface area contributed by atoms with E-state index in [0.717, 1.165) is 59.8 Å². The van der Waals surface area contributed by atoms with Gasteiger partial charge in [-0.05, 0) is 85.6 Å². The Morgan fingerprint density at radius 2 is 0.857 bits per heavy atom. The van der Waals surface area contributed by atoms with Crippen molar-refractivity contribution in [2.24, 2.45) is 0 Å². The summed E-state index contributed by atoms with van der Waals surface area (Å²) in [6.07, 6.45) is 23.7. The van der Waals surface area contributed by atoms with Crippen molar-refractivity contribution >= 4 is 0 Å². The summed E-state index contributed by atoms with van der Waals surface area (Å²) in [5.41, 5.74) is 3.64. The molecule has 0 atom stereocenters. The van der Waals surface area contributed by atoms with Crippen LogP contribution in [0.5, 0.6) is 11.5 Å². The van der Waals surface area contributed by atoms with E-state index in [1.165, 1.54) is 103 Å². The van der Waals surface area contributed by atoms with Gasteiger partial charge in [0.2, 0.25) is 5.82 Å². The maximum atomic E-state index is 5.95. The zero-order valence-electron chi connectivity index (χ0n) is 30.2. The summed E-state index contributed by atoms with van der Waals surface area (Å²) in [5.74, 6) is 9.32. The standard InChI is InChI=1S/C44H58N2O3/c1-3-5-7-9-11-13-14-16-18-19-35-47-41-31-25-38(26-32-41)22-21-37-23-27-40(28-24-37)44-45-43(46-49-44)39-29-33-42(34-30-39)48-36-20-17-15-12-10-8-6-4-2/h23-34H,3-20,35-36H2,1-2H3. The van der Waals surface area contributed by atoms with Crippen molar-refractivity contribution < 1.29 is 14.0 Å². The second kappa shape index (κ2) is 23.3. The van der Waals surface area contributed by atoms with Gasteiger partial charge in [-0.15, -0.1) is 0 Å². The topological polar surface area (TPSA) is 57.4 Å². The highest BCUT2D eigenvalue weighted by molar-refractivity contribution is 5.61. The highest BCUT2D eigenvalue weighted by Crippen LogP contribution is 2.24. The third-order valence-electron chi connectivity index (χ3n) is 8.91. The van der Waals surface area contributed by atoms with Crippen LogP contribution in [0.15, 0.2) is 77.3 Å². The van der Waals surface area contributed by atoms with E-state index in [0.29, 0.717) is 11.7 Å². The maximum Gasteiger partial charge on any atom is 0.258 e. The first-order valence-corrected chi connectivity index (χ1v) is 19.2. The Morgan fingerprint density at radius 1 is 0.469 bits per heavy atom. The average Bonchev–Trinajstić information content (AvgIpc) is 3.64. The van der Waals surface area contributed by atoms with Crippen molar-refractivity contribution in [1.82, 2.24) is 10.1 Å². The molecule has 0 aliphatic rings. The molecule has 0 bridgehead atoms. The van der Waals surface area contributed by atoms with Gasteiger partial charge in [0.15, 0.2) is 0 Å². The highest BCUT2D eigenvalue weighted by atomic mass is 16.5. The number of benzene rings is 3. The van der Waals surface area contributed by atoms with Gasteiger partial charge in [-0.1, -0.05) is 134 Å². The van der Waals surface area contributed by atoms with Crippen LogP contribution in [0, 0.1) is 11.8 Å². The van der Waals surface area contributed by atoms with Gasteiger partial charge >= 0.3 is 0 Å². The first-order chi connectivity index (χ1) is 24.2. The fourth-order valence-corrected chi connectivity index (χ4v) is 5.84. The molecule has 0 aliphatic carbocycles. The Labute approximate surface area is 296 Å². The molecule has 3 aromatic carbocycles. The van der Waals surface area contributed by atoms with Crippen molar-refractivity contribution in [3.63, 3.8) is 0 Å². The number of nitrogens with zero attached hydrogens (tertiary/aromatic N) is 2. The van der Waals surface area contributed by atoms with Crippen molar-refractivity contribution in [3.8, 4) is 46.2 Å². The molecule has 0 spiro atoms. The summed E-state index contributed by atoms with van der Waals surface area (Å²) in [7, 11) is 0. The van der Waals surface area contributed by atoms with Crippen LogP contribution < -0.4 is 9.47 Å². The summed E-state index contributed by atoms with van der Waals surface area (Å²) in [5, 5.41) is 4.20. The number of rotatable bonds is 24. The lowest BCUT2D eigenvalue weighted by Gasteiger charge is -2.06. The van der Waals surface area contributed by atoms with Crippen molar-refractivity contribution in [2.45, 2.75) is 129 Å². The molecule has 1 aromatic heterocycles. The molecule has 0 saturated carbocycles. The molecule has 0 amide bonds. The van der Waals surface area contributed by atoms with E-state index in [9.17, 15) is 0 Å². The Kier molecular flexibility index (Phi) is 18.0. The minimum atomic E-state index is 0.484. The van der Waals surface area contributed by atoms with E-state index in [4.69, 9.17) is 14.0 Å². The van der Waals surface area contributed by atoms with Gasteiger partial charge < -0.3 is 14.0 Å². The van der Waals surface area contributed by atoms with Crippen LogP contribution in [-0.2, 0) is 0 Å². The minimum Gasteiger partial charge on any atom is -0.494 e. The molecule has 1 heterocycles. The van der Waals surface area contributed by atoms with Crippen LogP contribution in [0.3, 0.4) is 0 Å². The Bertz CT molecular complexity index is 1480. The predicted octanol–water partition coefficient (Wildman–Crippen LogP) is 12.6. The third kappa shape index (κ3) is 14.9. The number of ether oxygens (including phenoxy) is 2. The fourth-order valence-electron chi connectivity index (χ4n) is 5.84. The van der Waals surface area contributed by atoms with Gasteiger partial charge in [0.1, 0.15) is 11.5 Å². The van der Waals surface area contributed by atoms with E-state index in [-0.39, 0.29) is 0 Å². The molecule has 0 radical (unpaired) electrons. The molecule has 49 heavy (non-hydrogen) atoms. The second-order valence-corrected chi connectivity index (χ2v) is 13.2. The molecule has 262 valence electrons. The van der Waals surface area contributed by atoms with Crippen molar-refractivity contribution in [1.29, 1.82) is 0 Å². The first-order valence-electron chi connectivity index (χ1n) is 19.2. The summed E-state index contributed by atoms with van der Waals surface area (Å²) < 4.78 is 17.5. The van der Waals surface area contributed by atoms with Gasteiger partial charge in [-0.2, -0.15) is 4.98 Å². The zero-order valence-corrected chi connectivity index (χ0v) is 30.2. The SMILES string of the molecule is CCCCCCCCCCCCOc1ccc(C#Cc2ccc(-c3nc(-c4ccc(OCCCCCCCCCC)cc4)no3)cc2)cc1. The molecule has 5 nitrogen and oxygen atoms in total. The van der Waals surface area contributed by atoms with Gasteiger partial charge in [0.25, 0.3) is 5.89 Å². The van der Waals surface area contributed by atoms with E-state index < -0.39 is 0 Å². The van der Waals surface area contributed by atoms with Crippen molar-refractivity contribution in [2.75, 3.05) is 13.2 Å². The lowest BCUT2D eigenvalue weighted by Crippen LogP contribution is -1.97. The lowest BCUT2D eigenvalue weighted by molar-refractivity contribution is 0.304. The van der Waals surface area contributed by atoms with Crippen LogP contribution in [-0.4, -0.2) is 23.4 Å². The second-order valence-electron chi connectivity index (χ2n) is 13.2. The average molecular weight is 663 g/mol. The molecular formula is C44H58N2O3. The molecule has 4 rings (SSSR count). The lowest BCUT2D eigenvalue weighted by atomic mass is 10.1. The van der Waals surface area contributed by atoms with Gasteiger partial charge in [0, 0.05) is 22.3 Å². The molecule has 0 unspecified atom stereocenters. The zero-order chi connectivity index (χ0) is 34.2. The largest absolute Gasteiger partial charge is 0.494 e. The molecule has 0 saturated heterocycles. The van der Waals surface area contributed by atoms with E-state index in [1.807, 2.05) is 72.8 Å². The summed E-state index contributed by atoms with van der Waals surface area (Å²) in [6.45, 7) is 6.06. The fraction of sp³-hybridized carbons (Fsp3) is 0.500. The van der Waals surface area contributed by atoms with E-state index >= 15 is 0 Å². The predicted molar refractivity (Wildman–Crippen MR) is 203 cm³/mol. The van der Waals surface area contributed by atoms with E-state index in [2.05, 4.69) is 35.8 Å². The minimum absolute atomic E-state index is 0.484. The summed E-state index contributed by atoms with van der Waals surface area (Å²) in [4.78, 5) is 4.62. The Morgan fingerprint density at radius 3 is 1.33 bits per heavy atom. The van der Waals surface area contributed by atoms with Crippen LogP contribution in [0.4, 0.5) is 0 Å². The number of unbranched alkanes of at least 4 members (excludes halogenated alkanes) is 16. The van der Waals surface area contributed by atoms with Crippen LogP contribution in [0.1, 0.15) is 141 Å². The molecule has 5 heteroatoms. The van der Waals surface area contributed by atoms with Crippen molar-refractivity contribution in [3.05, 3.63) is 83.9 Å². The van der Waals surface area contributed by atoms with Crippen LogP contribution in [0.2, 0.25) is 0 Å². The van der Waals surface area contributed by atoms with Crippen LogP contribution >= 0.6 is 0 Å². The van der Waals surface area contributed by atoms with Crippen LogP contribution in [0.25, 0.3) is 22.8 Å². The molecule has 0 aliphatic heterocycles. The Balaban J connectivity index is 1.13. The first kappa shape index (κ1) is 37.8. The van der Waals surface area contributed by atoms with Gasteiger partial charge in [0.05, 0.1) is 13.2 Å². The normalized spacial score (nSPS) is 10.9. The Hall–Kier alpha value is -4.04. The summed E-state index contributed by atoms with van der Waals surface area (Å²) >= 11 is 0. The highest BCUT2D eigenvalue weighted by Gasteiger charge is 2.11. The molecule has 4 aromatic rings. The molecule has 0 N–H and O–H groups in total. The smallest absolute Gasteiger partial charge is 0.258 e. The number of hydrogen-bond donors (Lipinski definition) is 0. The van der Waals surface area contributed by atoms with Gasteiger partial charge in [-0.3, -0.25) is 0 Å². The molecule has 0 fully saturated rings. The molecular weight excluding hydrogens is 604 g/mol. The maximum absolute atomic E-state index is 5.95.